The third kappa shape index (κ3) is 3.30. The van der Waals surface area contributed by atoms with Gasteiger partial charge in [0.1, 0.15) is 6.04 Å². The van der Waals surface area contributed by atoms with Gasteiger partial charge in [0.25, 0.3) is 0 Å². The van der Waals surface area contributed by atoms with E-state index in [-0.39, 0.29) is 17.2 Å². The molecule has 0 bridgehead atoms. The van der Waals surface area contributed by atoms with Crippen LogP contribution in [0.5, 0.6) is 11.5 Å². The summed E-state index contributed by atoms with van der Waals surface area (Å²) < 4.78 is 12.7. The minimum Gasteiger partial charge on any atom is -0.493 e. The monoisotopic (exact) mass is 450 g/mol. The Kier molecular flexibility index (Phi) is 4.85. The Bertz CT molecular complexity index is 1250. The molecule has 8 heteroatoms. The molecule has 2 aliphatic rings. The molecule has 2 aromatic heterocycles. The minimum absolute atomic E-state index is 0.0909. The number of anilines is 1. The summed E-state index contributed by atoms with van der Waals surface area (Å²) in [6.07, 6.45) is 1.33. The molecule has 0 fully saturated rings. The summed E-state index contributed by atoms with van der Waals surface area (Å²) in [6.45, 7) is 6.35. The lowest BCUT2D eigenvalue weighted by atomic mass is 9.73. The van der Waals surface area contributed by atoms with Crippen LogP contribution < -0.4 is 14.8 Å². The van der Waals surface area contributed by atoms with Gasteiger partial charge in [0.05, 0.1) is 14.2 Å². The zero-order valence-electron chi connectivity index (χ0n) is 18.9. The second-order valence-electron chi connectivity index (χ2n) is 9.10. The van der Waals surface area contributed by atoms with Crippen molar-refractivity contribution >= 4 is 23.1 Å². The van der Waals surface area contributed by atoms with Crippen molar-refractivity contribution in [2.24, 2.45) is 5.41 Å². The molecule has 32 heavy (non-hydrogen) atoms. The van der Waals surface area contributed by atoms with Gasteiger partial charge in [-0.25, -0.2) is 4.68 Å². The number of aromatic nitrogens is 3. The van der Waals surface area contributed by atoms with Crippen molar-refractivity contribution in [1.82, 2.24) is 14.8 Å². The molecule has 0 saturated heterocycles. The van der Waals surface area contributed by atoms with Crippen molar-refractivity contribution in [1.29, 1.82) is 0 Å². The summed E-state index contributed by atoms with van der Waals surface area (Å²) in [4.78, 5) is 19.2. The van der Waals surface area contributed by atoms with Gasteiger partial charge in [0.2, 0.25) is 5.95 Å². The van der Waals surface area contributed by atoms with Crippen LogP contribution >= 0.6 is 11.3 Å². The van der Waals surface area contributed by atoms with Crippen molar-refractivity contribution in [2.45, 2.75) is 39.7 Å². The molecular formula is C24H26N4O3S. The molecule has 1 aliphatic carbocycles. The van der Waals surface area contributed by atoms with Crippen LogP contribution in [0.3, 0.4) is 0 Å². The van der Waals surface area contributed by atoms with Crippen LogP contribution in [0, 0.1) is 12.3 Å². The number of methoxy groups -OCH3 is 2. The topological polar surface area (TPSA) is 78.3 Å². The van der Waals surface area contributed by atoms with Crippen molar-refractivity contribution < 1.29 is 14.3 Å². The molecule has 166 valence electrons. The molecule has 3 aromatic rings. The van der Waals surface area contributed by atoms with Crippen molar-refractivity contribution in [3.63, 3.8) is 0 Å². The largest absolute Gasteiger partial charge is 0.493 e. The van der Waals surface area contributed by atoms with Gasteiger partial charge in [-0.05, 0) is 54.0 Å². The Morgan fingerprint density at radius 1 is 1.16 bits per heavy atom. The van der Waals surface area contributed by atoms with E-state index in [1.807, 2.05) is 22.9 Å². The van der Waals surface area contributed by atoms with Crippen molar-refractivity contribution in [3.8, 4) is 22.9 Å². The molecule has 1 N–H and O–H groups in total. The molecule has 1 atom stereocenters. The van der Waals surface area contributed by atoms with E-state index in [0.29, 0.717) is 29.7 Å². The zero-order valence-corrected chi connectivity index (χ0v) is 19.7. The number of carbonyl (C=O) groups is 1. The van der Waals surface area contributed by atoms with Gasteiger partial charge in [-0.15, -0.1) is 16.4 Å². The molecule has 0 amide bonds. The number of ketones is 1. The number of nitrogens with one attached hydrogen (secondary N) is 1. The fourth-order valence-electron chi connectivity index (χ4n) is 4.61. The van der Waals surface area contributed by atoms with E-state index in [0.717, 1.165) is 33.7 Å². The Morgan fingerprint density at radius 2 is 1.94 bits per heavy atom. The summed E-state index contributed by atoms with van der Waals surface area (Å²) in [5.74, 6) is 2.66. The Hall–Kier alpha value is -3.13. The first-order valence-corrected chi connectivity index (χ1v) is 11.5. The van der Waals surface area contributed by atoms with Crippen LogP contribution in [-0.4, -0.2) is 34.8 Å². The van der Waals surface area contributed by atoms with Crippen LogP contribution in [0.1, 0.15) is 43.2 Å². The van der Waals surface area contributed by atoms with Gasteiger partial charge in [-0.1, -0.05) is 13.8 Å². The fraction of sp³-hybridized carbons (Fsp3) is 0.375. The number of fused-ring (bicyclic) bond motifs is 1. The van der Waals surface area contributed by atoms with E-state index in [9.17, 15) is 4.79 Å². The number of hydrogen-bond acceptors (Lipinski definition) is 7. The highest BCUT2D eigenvalue weighted by molar-refractivity contribution is 7.10. The van der Waals surface area contributed by atoms with Gasteiger partial charge >= 0.3 is 0 Å². The van der Waals surface area contributed by atoms with E-state index in [1.165, 1.54) is 0 Å². The average molecular weight is 451 g/mol. The minimum atomic E-state index is -0.272. The highest BCUT2D eigenvalue weighted by atomic mass is 32.1. The summed E-state index contributed by atoms with van der Waals surface area (Å²) in [6, 6.07) is 7.44. The Morgan fingerprint density at radius 3 is 2.62 bits per heavy atom. The number of hydrogen-bond donors (Lipinski definition) is 1. The zero-order chi connectivity index (χ0) is 22.6. The van der Waals surface area contributed by atoms with E-state index >= 15 is 0 Å². The van der Waals surface area contributed by atoms with Gasteiger partial charge in [0, 0.05) is 28.1 Å². The lowest BCUT2D eigenvalue weighted by Gasteiger charge is -2.38. The van der Waals surface area contributed by atoms with Crippen molar-refractivity contribution in [2.75, 3.05) is 19.5 Å². The summed E-state index contributed by atoms with van der Waals surface area (Å²) in [5.41, 5.74) is 3.65. The quantitative estimate of drug-likeness (QED) is 0.603. The summed E-state index contributed by atoms with van der Waals surface area (Å²) in [5, 5.41) is 10.4. The standard InChI is InChI=1S/C24H26N4O3S/c1-13-8-9-32-21(13)20-19-15(11-24(2,3)12-16(19)29)25-23-26-22(27-28(20)23)14-6-7-17(30-4)18(10-14)31-5/h6-10,20H,11-12H2,1-5H3,(H,25,26,27). The Labute approximate surface area is 191 Å². The first-order valence-electron chi connectivity index (χ1n) is 10.6. The normalized spacial score (nSPS) is 19.3. The average Bonchev–Trinajstić information content (AvgIpc) is 3.36. The molecule has 7 nitrogen and oxygen atoms in total. The SMILES string of the molecule is COc1ccc(-c2nc3n(n2)C(c2sccc2C)C2=C(CC(C)(C)CC2=O)N3)cc1OC. The van der Waals surface area contributed by atoms with E-state index in [1.54, 1.807) is 25.6 Å². The first-order chi connectivity index (χ1) is 15.3. The van der Waals surface area contributed by atoms with Crippen LogP contribution in [-0.2, 0) is 4.79 Å². The predicted molar refractivity (Wildman–Crippen MR) is 124 cm³/mol. The van der Waals surface area contributed by atoms with E-state index in [4.69, 9.17) is 19.6 Å². The lowest BCUT2D eigenvalue weighted by Crippen LogP contribution is -2.36. The van der Waals surface area contributed by atoms with Crippen LogP contribution in [0.2, 0.25) is 0 Å². The molecule has 0 radical (unpaired) electrons. The van der Waals surface area contributed by atoms with Crippen molar-refractivity contribution in [3.05, 3.63) is 51.4 Å². The fourth-order valence-corrected chi connectivity index (χ4v) is 5.63. The number of aryl methyl sites for hydroxylation is 1. The van der Waals surface area contributed by atoms with Crippen LogP contribution in [0.4, 0.5) is 5.95 Å². The Balaban J connectivity index is 1.65. The molecule has 0 spiro atoms. The maximum absolute atomic E-state index is 13.3. The number of thiophene rings is 1. The van der Waals surface area contributed by atoms with Crippen LogP contribution in [0.25, 0.3) is 11.4 Å². The number of ether oxygens (including phenoxy) is 2. The van der Waals surface area contributed by atoms with E-state index < -0.39 is 0 Å². The maximum atomic E-state index is 13.3. The van der Waals surface area contributed by atoms with Crippen LogP contribution in [0.15, 0.2) is 40.9 Å². The van der Waals surface area contributed by atoms with Gasteiger partial charge in [-0.3, -0.25) is 4.79 Å². The smallest absolute Gasteiger partial charge is 0.226 e. The van der Waals surface area contributed by atoms with Gasteiger partial charge in [0.15, 0.2) is 23.1 Å². The number of carbonyl (C=O) groups excluding carboxylic acids is 1. The molecule has 3 heterocycles. The van der Waals surface area contributed by atoms with Gasteiger partial charge in [-0.2, -0.15) is 4.98 Å². The molecule has 0 saturated carbocycles. The van der Waals surface area contributed by atoms with Gasteiger partial charge < -0.3 is 14.8 Å². The predicted octanol–water partition coefficient (Wildman–Crippen LogP) is 4.99. The highest BCUT2D eigenvalue weighted by Gasteiger charge is 2.42. The second kappa shape index (κ2) is 7.48. The molecule has 1 aliphatic heterocycles. The highest BCUT2D eigenvalue weighted by Crippen LogP contribution is 2.47. The lowest BCUT2D eigenvalue weighted by molar-refractivity contribution is -0.118. The third-order valence-electron chi connectivity index (χ3n) is 6.12. The second-order valence-corrected chi connectivity index (χ2v) is 10.0. The number of rotatable bonds is 4. The third-order valence-corrected chi connectivity index (χ3v) is 7.20. The van der Waals surface area contributed by atoms with E-state index in [2.05, 4.69) is 37.5 Å². The number of Topliss-reactive ketones (excluding diaryl/α,β-unsaturated/α-hetero) is 1. The maximum Gasteiger partial charge on any atom is 0.226 e. The number of allylic oxidation sites excluding steroid dienone is 2. The first kappa shape index (κ1) is 20.8. The molecule has 1 aromatic carbocycles. The molecule has 5 rings (SSSR count). The number of nitrogens with zero attached hydrogens (tertiary/aromatic N) is 3. The molecular weight excluding hydrogens is 424 g/mol. The molecule has 1 unspecified atom stereocenters. The number of benzene rings is 1. The summed E-state index contributed by atoms with van der Waals surface area (Å²) >= 11 is 1.65. The summed E-state index contributed by atoms with van der Waals surface area (Å²) in [7, 11) is 3.22.